The molecule has 0 amide bonds. The molecule has 13 atom stereocenters. The molecule has 0 aromatic carbocycles. The Labute approximate surface area is 214 Å². The molecule has 11 heteroatoms. The molecule has 5 fully saturated rings. The quantitative estimate of drug-likeness (QED) is 0.213. The highest BCUT2D eigenvalue weighted by Gasteiger charge is 2.85. The average molecular weight is 525 g/mol. The first-order chi connectivity index (χ1) is 17.3. The third-order valence-electron chi connectivity index (χ3n) is 10.1. The fraction of sp³-hybridized carbons (Fsp3) is 0.808. The zero-order chi connectivity index (χ0) is 27.2. The van der Waals surface area contributed by atoms with Crippen molar-refractivity contribution in [3.8, 4) is 0 Å². The van der Waals surface area contributed by atoms with Crippen LogP contribution in [0.15, 0.2) is 11.6 Å². The molecule has 0 aromatic heterocycles. The fourth-order valence-corrected chi connectivity index (χ4v) is 8.82. The molecule has 4 N–H and O–H groups in total. The predicted octanol–water partition coefficient (Wildman–Crippen LogP) is -0.526. The zero-order valence-electron chi connectivity index (χ0n) is 21.6. The van der Waals surface area contributed by atoms with Gasteiger partial charge in [-0.1, -0.05) is 19.4 Å². The van der Waals surface area contributed by atoms with E-state index in [0.717, 1.165) is 7.11 Å². The average Bonchev–Trinajstić information content (AvgIpc) is 3.12. The van der Waals surface area contributed by atoms with E-state index >= 15 is 0 Å². The lowest BCUT2D eigenvalue weighted by Gasteiger charge is -2.69. The molecule has 2 saturated heterocycles. The van der Waals surface area contributed by atoms with Crippen molar-refractivity contribution in [1.29, 1.82) is 0 Å². The minimum atomic E-state index is -2.18. The third kappa shape index (κ3) is 3.21. The number of carbonyl (C=O) groups excluding carboxylic acids is 3. The van der Waals surface area contributed by atoms with E-state index in [-0.39, 0.29) is 25.4 Å². The van der Waals surface area contributed by atoms with E-state index in [9.17, 15) is 34.8 Å². The smallest absolute Gasteiger partial charge is 0.348 e. The highest BCUT2D eigenvalue weighted by atomic mass is 16.6. The fourth-order valence-electron chi connectivity index (χ4n) is 8.82. The number of hydrogen-bond donors (Lipinski definition) is 4. The van der Waals surface area contributed by atoms with E-state index in [1.807, 2.05) is 6.92 Å². The molecule has 2 aliphatic heterocycles. The summed E-state index contributed by atoms with van der Waals surface area (Å²) in [6, 6.07) is 0. The molecule has 206 valence electrons. The molecular formula is C26H36O11. The number of rotatable bonds is 3. The van der Waals surface area contributed by atoms with Gasteiger partial charge in [0.25, 0.3) is 0 Å². The molecule has 1 spiro atoms. The summed E-state index contributed by atoms with van der Waals surface area (Å²) in [4.78, 5) is 39.4. The number of carbonyl (C=O) groups is 3. The number of hydrogen-bond acceptors (Lipinski definition) is 11. The van der Waals surface area contributed by atoms with Gasteiger partial charge in [0.2, 0.25) is 11.7 Å². The van der Waals surface area contributed by atoms with Crippen LogP contribution >= 0.6 is 0 Å². The Kier molecular flexibility index (Phi) is 6.08. The molecule has 0 aromatic rings. The Hall–Kier alpha value is -2.05. The molecular weight excluding hydrogens is 488 g/mol. The zero-order valence-corrected chi connectivity index (χ0v) is 21.6. The Balaban J connectivity index is 1.71. The molecule has 3 aliphatic carbocycles. The van der Waals surface area contributed by atoms with Crippen LogP contribution in [0.1, 0.15) is 40.5 Å². The first-order valence-electron chi connectivity index (χ1n) is 12.8. The Morgan fingerprint density at radius 2 is 1.78 bits per heavy atom. The van der Waals surface area contributed by atoms with Crippen molar-refractivity contribution in [3.05, 3.63) is 11.6 Å². The van der Waals surface area contributed by atoms with Gasteiger partial charge in [-0.15, -0.1) is 0 Å². The van der Waals surface area contributed by atoms with E-state index in [4.69, 9.17) is 18.9 Å². The van der Waals surface area contributed by atoms with Crippen LogP contribution in [0.3, 0.4) is 0 Å². The summed E-state index contributed by atoms with van der Waals surface area (Å²) in [7, 11) is 1.11. The summed E-state index contributed by atoms with van der Waals surface area (Å²) in [5.74, 6) is -5.43. The minimum absolute atomic E-state index is 0.111. The van der Waals surface area contributed by atoms with Crippen molar-refractivity contribution >= 4 is 17.9 Å². The standard InChI is InChI=1S/C26H36O11/c1-10(2)6-15(28)37-18-20-25-9-35-26(20,23(33)34-5)21(31)17(30)19(25)24(4)8-13(27)16(29)11(3)12(24)7-14(25)36-22(18)32/h6,11-14,16-21,27,29-31H,7-9H2,1-5H3/t11-,12-,13+,14+,16+,17+,18+,19+,20+,21-,24-,25+,26-/m0/s1. The maximum Gasteiger partial charge on any atom is 0.348 e. The van der Waals surface area contributed by atoms with Crippen LogP contribution in [0.4, 0.5) is 0 Å². The van der Waals surface area contributed by atoms with Crippen LogP contribution < -0.4 is 0 Å². The number of esters is 3. The first-order valence-corrected chi connectivity index (χ1v) is 12.8. The van der Waals surface area contributed by atoms with Gasteiger partial charge in [-0.2, -0.15) is 0 Å². The molecule has 2 heterocycles. The highest BCUT2D eigenvalue weighted by molar-refractivity contribution is 5.89. The summed E-state index contributed by atoms with van der Waals surface area (Å²) >= 11 is 0. The molecule has 37 heavy (non-hydrogen) atoms. The summed E-state index contributed by atoms with van der Waals surface area (Å²) in [6.07, 6.45) is -6.32. The van der Waals surface area contributed by atoms with E-state index in [1.165, 1.54) is 6.08 Å². The Bertz CT molecular complexity index is 1040. The van der Waals surface area contributed by atoms with Crippen LogP contribution in [0.25, 0.3) is 0 Å². The molecule has 5 aliphatic rings. The molecule has 0 unspecified atom stereocenters. The van der Waals surface area contributed by atoms with E-state index in [1.54, 1.807) is 20.8 Å². The maximum absolute atomic E-state index is 13.4. The van der Waals surface area contributed by atoms with Crippen molar-refractivity contribution in [2.45, 2.75) is 82.8 Å². The summed E-state index contributed by atoms with van der Waals surface area (Å²) in [5, 5.41) is 44.7. The summed E-state index contributed by atoms with van der Waals surface area (Å²) in [5.41, 5.74) is -3.63. The first kappa shape index (κ1) is 26.6. The molecule has 11 nitrogen and oxygen atoms in total. The lowest BCUT2D eigenvalue weighted by molar-refractivity contribution is -0.307. The predicted molar refractivity (Wildman–Crippen MR) is 123 cm³/mol. The van der Waals surface area contributed by atoms with Gasteiger partial charge in [0.15, 0.2) is 0 Å². The molecule has 2 bridgehead atoms. The number of allylic oxidation sites excluding steroid dienone is 1. The van der Waals surface area contributed by atoms with Crippen LogP contribution in [0.5, 0.6) is 0 Å². The lowest BCUT2D eigenvalue weighted by atomic mass is 9.37. The number of fused-ring (bicyclic) bond motifs is 2. The summed E-state index contributed by atoms with van der Waals surface area (Å²) < 4.78 is 22.6. The van der Waals surface area contributed by atoms with Gasteiger partial charge in [-0.3, -0.25) is 0 Å². The minimum Gasteiger partial charge on any atom is -0.467 e. The van der Waals surface area contributed by atoms with Crippen molar-refractivity contribution < 1.29 is 53.8 Å². The Morgan fingerprint density at radius 1 is 1.11 bits per heavy atom. The third-order valence-corrected chi connectivity index (χ3v) is 10.1. The maximum atomic E-state index is 13.4. The van der Waals surface area contributed by atoms with Gasteiger partial charge in [0, 0.05) is 17.4 Å². The van der Waals surface area contributed by atoms with Crippen LogP contribution in [-0.2, 0) is 33.3 Å². The van der Waals surface area contributed by atoms with Crippen molar-refractivity contribution in [2.75, 3.05) is 13.7 Å². The highest BCUT2D eigenvalue weighted by Crippen LogP contribution is 2.73. The van der Waals surface area contributed by atoms with Gasteiger partial charge in [-0.25, -0.2) is 14.4 Å². The van der Waals surface area contributed by atoms with Gasteiger partial charge in [0.1, 0.15) is 12.2 Å². The van der Waals surface area contributed by atoms with Crippen molar-refractivity contribution in [3.63, 3.8) is 0 Å². The molecule has 3 saturated carbocycles. The van der Waals surface area contributed by atoms with Crippen LogP contribution in [-0.4, -0.2) is 94.3 Å². The number of methoxy groups -OCH3 is 1. The van der Waals surface area contributed by atoms with Gasteiger partial charge < -0.3 is 39.4 Å². The van der Waals surface area contributed by atoms with E-state index in [2.05, 4.69) is 0 Å². The SMILES string of the molecule is COC(=O)[C@@]12OC[C@]34[C@H]([C@@H](O)[C@@H]1O)[C@@]1(C)C[C@@H](O)[C@H](O)[C@@H](C)[C@@H]1C[C@H]3OC(=O)[C@H](OC(=O)C=C(C)C)[C@@H]24. The second kappa shape index (κ2) is 8.47. The van der Waals surface area contributed by atoms with Crippen molar-refractivity contribution in [2.24, 2.45) is 34.5 Å². The largest absolute Gasteiger partial charge is 0.467 e. The van der Waals surface area contributed by atoms with Gasteiger partial charge in [0.05, 0.1) is 37.9 Å². The second-order valence-electron chi connectivity index (χ2n) is 12.1. The lowest BCUT2D eigenvalue weighted by Crippen LogP contribution is -2.80. The summed E-state index contributed by atoms with van der Waals surface area (Å²) in [6.45, 7) is 6.88. The number of ether oxygens (including phenoxy) is 4. The Morgan fingerprint density at radius 3 is 2.41 bits per heavy atom. The molecule has 5 rings (SSSR count). The van der Waals surface area contributed by atoms with Gasteiger partial charge in [-0.05, 0) is 43.9 Å². The van der Waals surface area contributed by atoms with Crippen molar-refractivity contribution in [1.82, 2.24) is 0 Å². The van der Waals surface area contributed by atoms with Crippen LogP contribution in [0, 0.1) is 34.5 Å². The number of aliphatic hydroxyl groups is 4. The van der Waals surface area contributed by atoms with E-state index < -0.39 is 88.7 Å². The van der Waals surface area contributed by atoms with Crippen LogP contribution in [0.2, 0.25) is 0 Å². The monoisotopic (exact) mass is 524 g/mol. The van der Waals surface area contributed by atoms with Gasteiger partial charge >= 0.3 is 17.9 Å². The number of aliphatic hydroxyl groups excluding tert-OH is 4. The van der Waals surface area contributed by atoms with E-state index in [0.29, 0.717) is 5.57 Å². The topological polar surface area (TPSA) is 169 Å². The normalized spacial score (nSPS) is 51.8. The second-order valence-corrected chi connectivity index (χ2v) is 12.1. The molecule has 0 radical (unpaired) electrons.